The molecule has 0 atom stereocenters. The molecule has 2 aromatic heterocycles. The van der Waals surface area contributed by atoms with Gasteiger partial charge in [-0.1, -0.05) is 127 Å². The van der Waals surface area contributed by atoms with Gasteiger partial charge in [-0.3, -0.25) is 0 Å². The van der Waals surface area contributed by atoms with E-state index in [9.17, 15) is 0 Å². The van der Waals surface area contributed by atoms with E-state index in [0.29, 0.717) is 0 Å². The molecule has 0 aliphatic heterocycles. The summed E-state index contributed by atoms with van der Waals surface area (Å²) < 4.78 is 13.5. The third-order valence-electron chi connectivity index (χ3n) is 11.0. The number of para-hydroxylation sites is 6. The van der Waals surface area contributed by atoms with E-state index in [1.807, 2.05) is 12.1 Å². The number of rotatable bonds is 8. The van der Waals surface area contributed by atoms with Crippen LogP contribution < -0.4 is 9.80 Å². The molecule has 4 heteroatoms. The van der Waals surface area contributed by atoms with Gasteiger partial charge in [0, 0.05) is 66.8 Å². The van der Waals surface area contributed by atoms with E-state index >= 15 is 0 Å². The van der Waals surface area contributed by atoms with Crippen LogP contribution in [0.2, 0.25) is 0 Å². The Morgan fingerprint density at radius 3 is 0.983 bits per heavy atom. The number of nitrogens with zero attached hydrogens (tertiary/aromatic N) is 2. The van der Waals surface area contributed by atoms with Gasteiger partial charge in [0.1, 0.15) is 22.3 Å². The van der Waals surface area contributed by atoms with Crippen molar-refractivity contribution < 1.29 is 8.83 Å². The van der Waals surface area contributed by atoms with Crippen LogP contribution in [0, 0.1) is 0 Å². The van der Waals surface area contributed by atoms with Crippen molar-refractivity contribution >= 4 is 78.0 Å². The van der Waals surface area contributed by atoms with Crippen LogP contribution in [-0.2, 0) is 0 Å². The van der Waals surface area contributed by atoms with Crippen LogP contribution in [0.5, 0.6) is 0 Å². The predicted molar refractivity (Wildman–Crippen MR) is 241 cm³/mol. The van der Waals surface area contributed by atoms with Crippen LogP contribution >= 0.6 is 0 Å². The van der Waals surface area contributed by atoms with E-state index < -0.39 is 0 Å². The summed E-state index contributed by atoms with van der Waals surface area (Å²) in [5.41, 5.74) is 13.9. The monoisotopic (exact) mass is 744 g/mol. The fraction of sp³-hybridized carbons (Fsp3) is 0. The first-order valence-corrected chi connectivity index (χ1v) is 19.6. The molecule has 0 radical (unpaired) electrons. The zero-order valence-electron chi connectivity index (χ0n) is 31.5. The molecule has 4 nitrogen and oxygen atoms in total. The maximum Gasteiger partial charge on any atom is 0.143 e. The normalized spacial score (nSPS) is 11.4. The molecular formula is C54H36N2O2. The van der Waals surface area contributed by atoms with Gasteiger partial charge >= 0.3 is 0 Å². The lowest BCUT2D eigenvalue weighted by Gasteiger charge is -2.26. The van der Waals surface area contributed by atoms with Gasteiger partial charge in [-0.05, 0) is 102 Å². The van der Waals surface area contributed by atoms with Gasteiger partial charge in [-0.2, -0.15) is 0 Å². The van der Waals surface area contributed by atoms with Gasteiger partial charge in [0.15, 0.2) is 0 Å². The summed E-state index contributed by atoms with van der Waals surface area (Å²) in [6.45, 7) is 0. The number of hydrogen-bond acceptors (Lipinski definition) is 4. The van der Waals surface area contributed by atoms with Crippen molar-refractivity contribution in [3.05, 3.63) is 218 Å². The molecule has 0 bridgehead atoms. The number of furan rings is 2. The molecule has 9 aromatic carbocycles. The Labute approximate surface area is 336 Å². The summed E-state index contributed by atoms with van der Waals surface area (Å²) in [5.74, 6) is 0. The van der Waals surface area contributed by atoms with Gasteiger partial charge in [0.25, 0.3) is 0 Å². The lowest BCUT2D eigenvalue weighted by Crippen LogP contribution is -2.10. The minimum atomic E-state index is 0.852. The van der Waals surface area contributed by atoms with Crippen LogP contribution in [0.25, 0.3) is 66.1 Å². The molecule has 2 heterocycles. The second kappa shape index (κ2) is 14.0. The highest BCUT2D eigenvalue weighted by Crippen LogP contribution is 2.46. The number of benzene rings is 9. The summed E-state index contributed by atoms with van der Waals surface area (Å²) in [4.78, 5) is 4.63. The zero-order chi connectivity index (χ0) is 38.4. The van der Waals surface area contributed by atoms with Gasteiger partial charge in [-0.15, -0.1) is 0 Å². The molecule has 274 valence electrons. The molecule has 11 rings (SSSR count). The Bertz CT molecular complexity index is 2930. The van der Waals surface area contributed by atoms with Crippen LogP contribution in [-0.4, -0.2) is 0 Å². The smallest absolute Gasteiger partial charge is 0.143 e. The summed E-state index contributed by atoms with van der Waals surface area (Å²) in [6, 6.07) is 76.7. The topological polar surface area (TPSA) is 32.8 Å². The fourth-order valence-corrected chi connectivity index (χ4v) is 8.37. The summed E-state index contributed by atoms with van der Waals surface area (Å²) in [7, 11) is 0. The van der Waals surface area contributed by atoms with E-state index in [2.05, 4.69) is 216 Å². The van der Waals surface area contributed by atoms with Crippen molar-refractivity contribution in [2.24, 2.45) is 0 Å². The molecule has 0 unspecified atom stereocenters. The molecule has 0 saturated heterocycles. The lowest BCUT2D eigenvalue weighted by molar-refractivity contribution is 0.670. The lowest BCUT2D eigenvalue weighted by atomic mass is 9.95. The standard InChI is InChI=1S/C54H36N2O2/c1-5-20-39(21-6-1)55(40-22-7-2-8-23-40)43-33-47(53-49(35-43)45-28-13-15-30-51(45)57-53)37-18-17-19-38(32-37)48-34-44(36-50-46-29-14-16-31-52(46)58-54(48)50)56(41-24-9-3-10-25-41)42-26-11-4-12-27-42/h1-36H. The number of anilines is 6. The van der Waals surface area contributed by atoms with Gasteiger partial charge in [-0.25, -0.2) is 0 Å². The number of fused-ring (bicyclic) bond motifs is 6. The van der Waals surface area contributed by atoms with Gasteiger partial charge < -0.3 is 18.6 Å². The highest BCUT2D eigenvalue weighted by molar-refractivity contribution is 6.13. The molecular weight excluding hydrogens is 709 g/mol. The minimum absolute atomic E-state index is 0.852. The Kier molecular flexibility index (Phi) is 8.11. The third kappa shape index (κ3) is 5.78. The van der Waals surface area contributed by atoms with Crippen LogP contribution in [0.15, 0.2) is 227 Å². The highest BCUT2D eigenvalue weighted by atomic mass is 16.3. The van der Waals surface area contributed by atoms with E-state index in [0.717, 1.165) is 100 Å². The zero-order valence-corrected chi connectivity index (χ0v) is 31.5. The maximum absolute atomic E-state index is 6.74. The first kappa shape index (κ1) is 33.5. The highest BCUT2D eigenvalue weighted by Gasteiger charge is 2.22. The molecule has 58 heavy (non-hydrogen) atoms. The molecule has 0 aliphatic rings. The SMILES string of the molecule is c1ccc(N(c2ccccc2)c2cc(-c3cccc(-c4cc(N(c5ccccc5)c5ccccc5)cc5c4oc4ccccc45)c3)c3oc4ccccc4c3c2)cc1. The Morgan fingerprint density at radius 2 is 0.603 bits per heavy atom. The molecule has 0 fully saturated rings. The van der Waals surface area contributed by atoms with Crippen molar-refractivity contribution in [2.75, 3.05) is 9.80 Å². The average Bonchev–Trinajstić information content (AvgIpc) is 3.86. The third-order valence-corrected chi connectivity index (χ3v) is 11.0. The van der Waals surface area contributed by atoms with Crippen molar-refractivity contribution in [3.63, 3.8) is 0 Å². The first-order chi connectivity index (χ1) is 28.8. The Hall–Kier alpha value is -7.82. The summed E-state index contributed by atoms with van der Waals surface area (Å²) in [5, 5.41) is 4.29. The maximum atomic E-state index is 6.74. The first-order valence-electron chi connectivity index (χ1n) is 19.6. The number of hydrogen-bond donors (Lipinski definition) is 0. The van der Waals surface area contributed by atoms with Crippen LogP contribution in [0.3, 0.4) is 0 Å². The molecule has 0 spiro atoms. The molecule has 0 N–H and O–H groups in total. The second-order valence-corrected chi connectivity index (χ2v) is 14.5. The van der Waals surface area contributed by atoms with Crippen LogP contribution in [0.4, 0.5) is 34.1 Å². The van der Waals surface area contributed by atoms with Crippen molar-refractivity contribution in [2.45, 2.75) is 0 Å². The molecule has 0 saturated carbocycles. The predicted octanol–water partition coefficient (Wildman–Crippen LogP) is 15.8. The average molecular weight is 745 g/mol. The van der Waals surface area contributed by atoms with Crippen molar-refractivity contribution in [1.82, 2.24) is 0 Å². The summed E-state index contributed by atoms with van der Waals surface area (Å²) >= 11 is 0. The van der Waals surface area contributed by atoms with E-state index in [-0.39, 0.29) is 0 Å². The Morgan fingerprint density at radius 1 is 0.259 bits per heavy atom. The van der Waals surface area contributed by atoms with E-state index in [1.165, 1.54) is 0 Å². The molecule has 0 amide bonds. The van der Waals surface area contributed by atoms with Crippen LogP contribution in [0.1, 0.15) is 0 Å². The largest absolute Gasteiger partial charge is 0.455 e. The summed E-state index contributed by atoms with van der Waals surface area (Å²) in [6.07, 6.45) is 0. The van der Waals surface area contributed by atoms with E-state index in [1.54, 1.807) is 0 Å². The molecule has 11 aromatic rings. The minimum Gasteiger partial charge on any atom is -0.455 e. The van der Waals surface area contributed by atoms with Crippen molar-refractivity contribution in [3.8, 4) is 22.3 Å². The van der Waals surface area contributed by atoms with Gasteiger partial charge in [0.2, 0.25) is 0 Å². The Balaban J connectivity index is 1.15. The van der Waals surface area contributed by atoms with E-state index in [4.69, 9.17) is 8.83 Å². The quantitative estimate of drug-likeness (QED) is 0.155. The molecule has 0 aliphatic carbocycles. The second-order valence-electron chi connectivity index (χ2n) is 14.5. The fourth-order valence-electron chi connectivity index (χ4n) is 8.37. The van der Waals surface area contributed by atoms with Gasteiger partial charge in [0.05, 0.1) is 0 Å². The van der Waals surface area contributed by atoms with Crippen molar-refractivity contribution in [1.29, 1.82) is 0 Å².